The molecule has 1 amide bonds. The first-order chi connectivity index (χ1) is 10.6. The third kappa shape index (κ3) is 4.85. The summed E-state index contributed by atoms with van der Waals surface area (Å²) in [6.45, 7) is 2.96. The minimum absolute atomic E-state index is 0. The quantitative estimate of drug-likeness (QED) is 0.836. The molecule has 5 heteroatoms. The zero-order chi connectivity index (χ0) is 16.0. The van der Waals surface area contributed by atoms with Gasteiger partial charge in [-0.2, -0.15) is 0 Å². The van der Waals surface area contributed by atoms with Crippen molar-refractivity contribution in [1.29, 1.82) is 0 Å². The molecule has 1 aromatic carbocycles. The third-order valence-corrected chi connectivity index (χ3v) is 4.92. The fourth-order valence-corrected chi connectivity index (χ4v) is 3.28. The van der Waals surface area contributed by atoms with Crippen molar-refractivity contribution in [1.82, 2.24) is 5.32 Å². The molecular weight excluding hydrogens is 312 g/mol. The molecule has 23 heavy (non-hydrogen) atoms. The van der Waals surface area contributed by atoms with Gasteiger partial charge < -0.3 is 15.8 Å². The molecule has 130 valence electrons. The van der Waals surface area contributed by atoms with E-state index in [1.807, 2.05) is 19.1 Å². The second kappa shape index (κ2) is 9.14. The normalized spacial score (nSPS) is 17.7. The van der Waals surface area contributed by atoms with E-state index in [1.54, 1.807) is 7.11 Å². The summed E-state index contributed by atoms with van der Waals surface area (Å²) in [5.41, 5.74) is 6.93. The molecule has 0 heterocycles. The Morgan fingerprint density at radius 3 is 2.39 bits per heavy atom. The molecule has 0 saturated heterocycles. The standard InChI is InChI=1S/C18H28N2O2.ClH/c1-14(12-19)17(21)20-13-18(10-4-3-5-11-18)15-6-8-16(22-2)9-7-15;/h6-9,14H,3-5,10-13,19H2,1-2H3,(H,20,21);1H. The Morgan fingerprint density at radius 1 is 1.26 bits per heavy atom. The van der Waals surface area contributed by atoms with Crippen LogP contribution in [-0.4, -0.2) is 26.1 Å². The van der Waals surface area contributed by atoms with Crippen LogP contribution in [0.1, 0.15) is 44.6 Å². The predicted molar refractivity (Wildman–Crippen MR) is 96.2 cm³/mol. The van der Waals surface area contributed by atoms with Gasteiger partial charge in [-0.25, -0.2) is 0 Å². The van der Waals surface area contributed by atoms with Gasteiger partial charge in [-0.1, -0.05) is 38.3 Å². The van der Waals surface area contributed by atoms with Crippen LogP contribution in [0.25, 0.3) is 0 Å². The van der Waals surface area contributed by atoms with Crippen molar-refractivity contribution in [2.24, 2.45) is 11.7 Å². The van der Waals surface area contributed by atoms with Crippen LogP contribution in [0, 0.1) is 5.92 Å². The minimum atomic E-state index is -0.128. The maximum Gasteiger partial charge on any atom is 0.224 e. The van der Waals surface area contributed by atoms with E-state index in [4.69, 9.17) is 10.5 Å². The molecule has 4 nitrogen and oxygen atoms in total. The number of carbonyl (C=O) groups is 1. The molecular formula is C18H29ClN2O2. The smallest absolute Gasteiger partial charge is 0.224 e. The highest BCUT2D eigenvalue weighted by Crippen LogP contribution is 2.39. The average Bonchev–Trinajstić information content (AvgIpc) is 2.59. The lowest BCUT2D eigenvalue weighted by Crippen LogP contribution is -2.44. The van der Waals surface area contributed by atoms with Crippen LogP contribution < -0.4 is 15.8 Å². The van der Waals surface area contributed by atoms with Crippen molar-refractivity contribution < 1.29 is 9.53 Å². The molecule has 1 unspecified atom stereocenters. The molecule has 1 aliphatic carbocycles. The van der Waals surface area contributed by atoms with Crippen LogP contribution in [-0.2, 0) is 10.2 Å². The summed E-state index contributed by atoms with van der Waals surface area (Å²) in [6.07, 6.45) is 5.96. The Labute approximate surface area is 145 Å². The van der Waals surface area contributed by atoms with Crippen LogP contribution in [0.3, 0.4) is 0 Å². The lowest BCUT2D eigenvalue weighted by Gasteiger charge is -2.38. The molecule has 0 aliphatic heterocycles. The van der Waals surface area contributed by atoms with Gasteiger partial charge in [0.05, 0.1) is 7.11 Å². The molecule has 0 spiro atoms. The van der Waals surface area contributed by atoms with Crippen LogP contribution in [0.4, 0.5) is 0 Å². The van der Waals surface area contributed by atoms with Crippen LogP contribution in [0.2, 0.25) is 0 Å². The van der Waals surface area contributed by atoms with E-state index >= 15 is 0 Å². The van der Waals surface area contributed by atoms with Crippen LogP contribution in [0.5, 0.6) is 5.75 Å². The van der Waals surface area contributed by atoms with Crippen molar-refractivity contribution in [3.8, 4) is 5.75 Å². The van der Waals surface area contributed by atoms with Gasteiger partial charge in [0.15, 0.2) is 0 Å². The van der Waals surface area contributed by atoms with Crippen LogP contribution in [0.15, 0.2) is 24.3 Å². The number of hydrogen-bond donors (Lipinski definition) is 2. The number of ether oxygens (including phenoxy) is 1. The van der Waals surface area contributed by atoms with Gasteiger partial charge in [0, 0.05) is 24.4 Å². The fourth-order valence-electron chi connectivity index (χ4n) is 3.28. The van der Waals surface area contributed by atoms with E-state index in [-0.39, 0.29) is 29.6 Å². The second-order valence-corrected chi connectivity index (χ2v) is 6.42. The molecule has 0 bridgehead atoms. The van der Waals surface area contributed by atoms with E-state index in [1.165, 1.54) is 24.8 Å². The Kier molecular flexibility index (Phi) is 7.86. The maximum absolute atomic E-state index is 12.1. The fraction of sp³-hybridized carbons (Fsp3) is 0.611. The lowest BCUT2D eigenvalue weighted by atomic mass is 9.69. The highest BCUT2D eigenvalue weighted by atomic mass is 35.5. The summed E-state index contributed by atoms with van der Waals surface area (Å²) < 4.78 is 5.25. The molecule has 2 rings (SSSR count). The van der Waals surface area contributed by atoms with Crippen molar-refractivity contribution in [3.05, 3.63) is 29.8 Å². The van der Waals surface area contributed by atoms with E-state index in [2.05, 4.69) is 17.4 Å². The van der Waals surface area contributed by atoms with E-state index < -0.39 is 0 Å². The summed E-state index contributed by atoms with van der Waals surface area (Å²) in [4.78, 5) is 12.1. The number of methoxy groups -OCH3 is 1. The highest BCUT2D eigenvalue weighted by Gasteiger charge is 2.34. The van der Waals surface area contributed by atoms with Gasteiger partial charge in [0.1, 0.15) is 5.75 Å². The van der Waals surface area contributed by atoms with Crippen molar-refractivity contribution in [3.63, 3.8) is 0 Å². The van der Waals surface area contributed by atoms with Gasteiger partial charge in [-0.15, -0.1) is 12.4 Å². The summed E-state index contributed by atoms with van der Waals surface area (Å²) in [5, 5.41) is 3.12. The van der Waals surface area contributed by atoms with Gasteiger partial charge in [0.25, 0.3) is 0 Å². The Hall–Kier alpha value is -1.26. The van der Waals surface area contributed by atoms with E-state index in [9.17, 15) is 4.79 Å². The third-order valence-electron chi connectivity index (χ3n) is 4.92. The number of hydrogen-bond acceptors (Lipinski definition) is 3. The van der Waals surface area contributed by atoms with Gasteiger partial charge in [0.2, 0.25) is 5.91 Å². The summed E-state index contributed by atoms with van der Waals surface area (Å²) in [5.74, 6) is 0.799. The van der Waals surface area contributed by atoms with Gasteiger partial charge in [-0.3, -0.25) is 4.79 Å². The highest BCUT2D eigenvalue weighted by molar-refractivity contribution is 5.85. The number of halogens is 1. The number of nitrogens with two attached hydrogens (primary N) is 1. The molecule has 0 aromatic heterocycles. The number of nitrogens with one attached hydrogen (secondary N) is 1. The first-order valence-corrected chi connectivity index (χ1v) is 8.23. The second-order valence-electron chi connectivity index (χ2n) is 6.42. The Morgan fingerprint density at radius 2 is 1.87 bits per heavy atom. The predicted octanol–water partition coefficient (Wildman–Crippen LogP) is 3.03. The molecule has 3 N–H and O–H groups in total. The van der Waals surface area contributed by atoms with Gasteiger partial charge in [-0.05, 0) is 30.5 Å². The summed E-state index contributed by atoms with van der Waals surface area (Å²) in [6, 6.07) is 8.30. The lowest BCUT2D eigenvalue weighted by molar-refractivity contribution is -0.124. The summed E-state index contributed by atoms with van der Waals surface area (Å²) >= 11 is 0. The topological polar surface area (TPSA) is 64.3 Å². The molecule has 0 radical (unpaired) electrons. The van der Waals surface area contributed by atoms with E-state index in [0.717, 1.165) is 18.6 Å². The molecule has 1 aromatic rings. The largest absolute Gasteiger partial charge is 0.497 e. The Bertz CT molecular complexity index is 484. The Balaban J connectivity index is 0.00000264. The zero-order valence-corrected chi connectivity index (χ0v) is 15.0. The average molecular weight is 341 g/mol. The molecule has 1 fully saturated rings. The first-order valence-electron chi connectivity index (χ1n) is 8.23. The molecule has 1 aliphatic rings. The number of amides is 1. The minimum Gasteiger partial charge on any atom is -0.497 e. The van der Waals surface area contributed by atoms with E-state index in [0.29, 0.717) is 13.1 Å². The summed E-state index contributed by atoms with van der Waals surface area (Å²) in [7, 11) is 1.68. The molecule has 1 atom stereocenters. The van der Waals surface area contributed by atoms with Crippen molar-refractivity contribution in [2.45, 2.75) is 44.4 Å². The SMILES string of the molecule is COc1ccc(C2(CNC(=O)C(C)CN)CCCCC2)cc1.Cl. The maximum atomic E-state index is 12.1. The van der Waals surface area contributed by atoms with Crippen molar-refractivity contribution >= 4 is 18.3 Å². The monoisotopic (exact) mass is 340 g/mol. The van der Waals surface area contributed by atoms with Gasteiger partial charge >= 0.3 is 0 Å². The number of rotatable bonds is 6. The van der Waals surface area contributed by atoms with Crippen molar-refractivity contribution in [2.75, 3.05) is 20.2 Å². The number of carbonyl (C=O) groups excluding carboxylic acids is 1. The number of benzene rings is 1. The molecule has 1 saturated carbocycles. The first kappa shape index (κ1) is 19.8. The van der Waals surface area contributed by atoms with Crippen LogP contribution >= 0.6 is 12.4 Å². The zero-order valence-electron chi connectivity index (χ0n) is 14.1.